The molecule has 7 nitrogen and oxygen atoms in total. The van der Waals surface area contributed by atoms with Crippen LogP contribution in [0.25, 0.3) is 0 Å². The summed E-state index contributed by atoms with van der Waals surface area (Å²) in [7, 11) is 1.45. The molecule has 2 N–H and O–H groups in total. The van der Waals surface area contributed by atoms with Gasteiger partial charge in [-0.3, -0.25) is 14.5 Å². The summed E-state index contributed by atoms with van der Waals surface area (Å²) in [5.74, 6) is -0.809. The van der Waals surface area contributed by atoms with Crippen molar-refractivity contribution >= 4 is 17.8 Å². The number of hydrogen-bond donors (Lipinski definition) is 2. The van der Waals surface area contributed by atoms with Gasteiger partial charge in [0.1, 0.15) is 12.1 Å². The van der Waals surface area contributed by atoms with Crippen LogP contribution in [0.4, 0.5) is 4.79 Å². The number of nitrogens with zero attached hydrogens (tertiary/aromatic N) is 1. The minimum atomic E-state index is -1.10. The minimum Gasteiger partial charge on any atom is -0.382 e. The van der Waals surface area contributed by atoms with Gasteiger partial charge in [-0.05, 0) is 27.2 Å². The van der Waals surface area contributed by atoms with Gasteiger partial charge >= 0.3 is 6.03 Å². The number of imide groups is 1. The molecule has 4 amide bonds. The fraction of sp³-hybridized carbons (Fsp3) is 0.769. The van der Waals surface area contributed by atoms with Crippen molar-refractivity contribution in [3.05, 3.63) is 0 Å². The first-order chi connectivity index (χ1) is 9.15. The molecule has 0 saturated carbocycles. The van der Waals surface area contributed by atoms with Crippen LogP contribution in [0, 0.1) is 0 Å². The first kappa shape index (κ1) is 16.4. The fourth-order valence-electron chi connectivity index (χ4n) is 1.93. The van der Waals surface area contributed by atoms with Gasteiger partial charge < -0.3 is 15.4 Å². The van der Waals surface area contributed by atoms with E-state index in [0.717, 1.165) is 11.3 Å². The maximum atomic E-state index is 12.2. The minimum absolute atomic E-state index is 0.0656. The lowest BCUT2D eigenvalue weighted by Crippen LogP contribution is -2.50. The van der Waals surface area contributed by atoms with Gasteiger partial charge in [-0.25, -0.2) is 4.79 Å². The van der Waals surface area contributed by atoms with Gasteiger partial charge in [0.2, 0.25) is 5.91 Å². The van der Waals surface area contributed by atoms with E-state index in [9.17, 15) is 14.4 Å². The number of amides is 4. The SMILES string of the molecule is CCC(C)(C)NC(=O)CN1C(=O)NC(C)(COC)C1=O. The van der Waals surface area contributed by atoms with Crippen molar-refractivity contribution in [3.63, 3.8) is 0 Å². The van der Waals surface area contributed by atoms with Crippen molar-refractivity contribution in [3.8, 4) is 0 Å². The molecule has 1 rings (SSSR count). The standard InChI is InChI=1S/C13H23N3O4/c1-6-12(2,3)14-9(17)7-16-10(18)13(4,8-20-5)15-11(16)19/h6-8H2,1-5H3,(H,14,17)(H,15,19). The quantitative estimate of drug-likeness (QED) is 0.685. The number of nitrogens with one attached hydrogen (secondary N) is 2. The Balaban J connectivity index is 2.71. The molecule has 0 bridgehead atoms. The first-order valence-electron chi connectivity index (χ1n) is 6.59. The Bertz CT molecular complexity index is 422. The van der Waals surface area contributed by atoms with Gasteiger partial charge in [0.25, 0.3) is 5.91 Å². The van der Waals surface area contributed by atoms with Gasteiger partial charge in [-0.2, -0.15) is 0 Å². The summed E-state index contributed by atoms with van der Waals surface area (Å²) >= 11 is 0. The lowest BCUT2D eigenvalue weighted by molar-refractivity contribution is -0.136. The highest BCUT2D eigenvalue weighted by Crippen LogP contribution is 2.17. The van der Waals surface area contributed by atoms with E-state index in [4.69, 9.17) is 4.74 Å². The molecule has 0 spiro atoms. The summed E-state index contributed by atoms with van der Waals surface area (Å²) in [5.41, 5.74) is -1.47. The molecule has 20 heavy (non-hydrogen) atoms. The Morgan fingerprint density at radius 3 is 2.55 bits per heavy atom. The molecule has 1 unspecified atom stereocenters. The second-order valence-corrected chi connectivity index (χ2v) is 5.87. The van der Waals surface area contributed by atoms with E-state index in [1.54, 1.807) is 6.92 Å². The number of urea groups is 1. The monoisotopic (exact) mass is 285 g/mol. The summed E-state index contributed by atoms with van der Waals surface area (Å²) in [6.07, 6.45) is 0.750. The molecule has 1 aliphatic heterocycles. The molecule has 7 heteroatoms. The molecule has 0 aromatic rings. The van der Waals surface area contributed by atoms with Crippen LogP contribution in [0.1, 0.15) is 34.1 Å². The van der Waals surface area contributed by atoms with Crippen molar-refractivity contribution in [1.82, 2.24) is 15.5 Å². The zero-order valence-electron chi connectivity index (χ0n) is 12.7. The highest BCUT2D eigenvalue weighted by molar-refractivity contribution is 6.08. The number of methoxy groups -OCH3 is 1. The molecule has 1 aliphatic rings. The normalized spacial score (nSPS) is 22.9. The molecule has 114 valence electrons. The Labute approximate surface area is 119 Å². The Morgan fingerprint density at radius 2 is 2.05 bits per heavy atom. The lowest BCUT2D eigenvalue weighted by atomic mass is 10.0. The van der Waals surface area contributed by atoms with E-state index in [0.29, 0.717) is 0 Å². The molecular weight excluding hydrogens is 262 g/mol. The van der Waals surface area contributed by atoms with E-state index < -0.39 is 17.5 Å². The molecular formula is C13H23N3O4. The molecule has 1 fully saturated rings. The summed E-state index contributed by atoms with van der Waals surface area (Å²) in [5, 5.41) is 5.33. The number of hydrogen-bond acceptors (Lipinski definition) is 4. The average Bonchev–Trinajstić information content (AvgIpc) is 2.53. The second kappa shape index (κ2) is 5.78. The topological polar surface area (TPSA) is 87.7 Å². The maximum absolute atomic E-state index is 12.2. The first-order valence-corrected chi connectivity index (χ1v) is 6.59. The van der Waals surface area contributed by atoms with Crippen LogP contribution in [-0.2, 0) is 14.3 Å². The Hall–Kier alpha value is -1.63. The number of rotatable bonds is 6. The van der Waals surface area contributed by atoms with Crippen molar-refractivity contribution in [2.45, 2.75) is 45.2 Å². The zero-order chi connectivity index (χ0) is 15.6. The largest absolute Gasteiger partial charge is 0.382 e. The fourth-order valence-corrected chi connectivity index (χ4v) is 1.93. The second-order valence-electron chi connectivity index (χ2n) is 5.87. The predicted molar refractivity (Wildman–Crippen MR) is 73.0 cm³/mol. The third-order valence-corrected chi connectivity index (χ3v) is 3.44. The molecule has 0 aliphatic carbocycles. The van der Waals surface area contributed by atoms with Gasteiger partial charge in [0, 0.05) is 12.6 Å². The zero-order valence-corrected chi connectivity index (χ0v) is 12.7. The van der Waals surface area contributed by atoms with Crippen LogP contribution in [0.2, 0.25) is 0 Å². The summed E-state index contributed by atoms with van der Waals surface area (Å²) in [6, 6.07) is -0.570. The van der Waals surface area contributed by atoms with E-state index in [1.165, 1.54) is 7.11 Å². The van der Waals surface area contributed by atoms with Gasteiger partial charge in [-0.15, -0.1) is 0 Å². The highest BCUT2D eigenvalue weighted by atomic mass is 16.5. The van der Waals surface area contributed by atoms with Crippen LogP contribution >= 0.6 is 0 Å². The Morgan fingerprint density at radius 1 is 1.45 bits per heavy atom. The van der Waals surface area contributed by atoms with Crippen molar-refractivity contribution in [2.75, 3.05) is 20.3 Å². The van der Waals surface area contributed by atoms with E-state index >= 15 is 0 Å². The molecule has 1 heterocycles. The van der Waals surface area contributed by atoms with Crippen LogP contribution in [-0.4, -0.2) is 54.1 Å². The molecule has 0 aromatic heterocycles. The van der Waals surface area contributed by atoms with Gasteiger partial charge in [-0.1, -0.05) is 6.92 Å². The lowest BCUT2D eigenvalue weighted by Gasteiger charge is -2.25. The van der Waals surface area contributed by atoms with Crippen LogP contribution in [0.5, 0.6) is 0 Å². The van der Waals surface area contributed by atoms with Crippen LogP contribution in [0.15, 0.2) is 0 Å². The molecule has 1 saturated heterocycles. The van der Waals surface area contributed by atoms with Crippen molar-refractivity contribution in [2.24, 2.45) is 0 Å². The van der Waals surface area contributed by atoms with Crippen LogP contribution < -0.4 is 10.6 Å². The third-order valence-electron chi connectivity index (χ3n) is 3.44. The Kier molecular flexibility index (Phi) is 4.75. The maximum Gasteiger partial charge on any atom is 0.325 e. The highest BCUT2D eigenvalue weighted by Gasteiger charge is 2.48. The third kappa shape index (κ3) is 3.47. The molecule has 0 radical (unpaired) electrons. The summed E-state index contributed by atoms with van der Waals surface area (Å²) in [4.78, 5) is 36.8. The number of carbonyl (C=O) groups excluding carboxylic acids is 3. The van der Waals surface area contributed by atoms with Gasteiger partial charge in [0.15, 0.2) is 0 Å². The van der Waals surface area contributed by atoms with Crippen LogP contribution in [0.3, 0.4) is 0 Å². The average molecular weight is 285 g/mol. The summed E-state index contributed by atoms with van der Waals surface area (Å²) < 4.78 is 4.94. The molecule has 1 atom stereocenters. The van der Waals surface area contributed by atoms with E-state index in [-0.39, 0.29) is 24.6 Å². The molecule has 0 aromatic carbocycles. The van der Waals surface area contributed by atoms with Gasteiger partial charge in [0.05, 0.1) is 6.61 Å². The number of carbonyl (C=O) groups is 3. The number of ether oxygens (including phenoxy) is 1. The predicted octanol–water partition coefficient (Wildman–Crippen LogP) is 0.248. The smallest absolute Gasteiger partial charge is 0.325 e. The van der Waals surface area contributed by atoms with Crippen molar-refractivity contribution in [1.29, 1.82) is 0 Å². The summed E-state index contributed by atoms with van der Waals surface area (Å²) in [6.45, 7) is 7.06. The van der Waals surface area contributed by atoms with E-state index in [2.05, 4.69) is 10.6 Å². The van der Waals surface area contributed by atoms with Crippen molar-refractivity contribution < 1.29 is 19.1 Å². The van der Waals surface area contributed by atoms with E-state index in [1.807, 2.05) is 20.8 Å².